The van der Waals surface area contributed by atoms with E-state index in [0.29, 0.717) is 12.1 Å². The summed E-state index contributed by atoms with van der Waals surface area (Å²) in [6.07, 6.45) is 4.81. The van der Waals surface area contributed by atoms with Gasteiger partial charge in [-0.25, -0.2) is 4.79 Å². The number of carbonyl (C=O) groups is 2. The van der Waals surface area contributed by atoms with Gasteiger partial charge in [0.1, 0.15) is 5.60 Å². The molecule has 1 saturated heterocycles. The standard InChI is InChI=1S/C17H31N3O3/c1-12(21)20-10-8-13(9-11-20)18-14-6-5-7-15(14)19-16(22)23-17(2,3)4/h13-15,18H,5-11H2,1-4H3,(H,19,22). The summed E-state index contributed by atoms with van der Waals surface area (Å²) in [5, 5.41) is 6.70. The lowest BCUT2D eigenvalue weighted by atomic mass is 10.0. The molecule has 2 rings (SSSR count). The number of likely N-dealkylation sites (tertiary alicyclic amines) is 1. The quantitative estimate of drug-likeness (QED) is 0.833. The number of hydrogen-bond acceptors (Lipinski definition) is 4. The number of carbonyl (C=O) groups excluding carboxylic acids is 2. The molecule has 2 amide bonds. The minimum Gasteiger partial charge on any atom is -0.444 e. The zero-order valence-corrected chi connectivity index (χ0v) is 14.9. The molecule has 2 N–H and O–H groups in total. The molecule has 1 aliphatic carbocycles. The van der Waals surface area contributed by atoms with Gasteiger partial charge in [0.05, 0.1) is 0 Å². The van der Waals surface area contributed by atoms with Crippen molar-refractivity contribution in [2.24, 2.45) is 0 Å². The average Bonchev–Trinajstić information content (AvgIpc) is 2.84. The number of nitrogens with one attached hydrogen (secondary N) is 2. The van der Waals surface area contributed by atoms with Gasteiger partial charge in [0.25, 0.3) is 0 Å². The number of rotatable bonds is 3. The lowest BCUT2D eigenvalue weighted by Gasteiger charge is -2.35. The van der Waals surface area contributed by atoms with E-state index < -0.39 is 5.60 Å². The molecule has 0 radical (unpaired) electrons. The molecule has 2 unspecified atom stereocenters. The average molecular weight is 325 g/mol. The molecule has 0 aromatic rings. The van der Waals surface area contributed by atoms with Gasteiger partial charge in [0.15, 0.2) is 0 Å². The summed E-state index contributed by atoms with van der Waals surface area (Å²) in [7, 11) is 0. The molecule has 6 heteroatoms. The Hall–Kier alpha value is -1.30. The van der Waals surface area contributed by atoms with E-state index in [1.54, 1.807) is 6.92 Å². The summed E-state index contributed by atoms with van der Waals surface area (Å²) in [6, 6.07) is 0.865. The highest BCUT2D eigenvalue weighted by molar-refractivity contribution is 5.73. The second-order valence-corrected chi connectivity index (χ2v) is 7.74. The van der Waals surface area contributed by atoms with Gasteiger partial charge in [0.2, 0.25) is 5.91 Å². The number of ether oxygens (including phenoxy) is 1. The van der Waals surface area contributed by atoms with Crippen molar-refractivity contribution in [3.8, 4) is 0 Å². The van der Waals surface area contributed by atoms with Crippen molar-refractivity contribution >= 4 is 12.0 Å². The van der Waals surface area contributed by atoms with Crippen LogP contribution < -0.4 is 10.6 Å². The first kappa shape index (κ1) is 18.0. The van der Waals surface area contributed by atoms with Crippen molar-refractivity contribution in [2.45, 2.75) is 83.5 Å². The smallest absolute Gasteiger partial charge is 0.407 e. The highest BCUT2D eigenvalue weighted by Gasteiger charge is 2.32. The topological polar surface area (TPSA) is 70.7 Å². The van der Waals surface area contributed by atoms with E-state index in [2.05, 4.69) is 10.6 Å². The van der Waals surface area contributed by atoms with Gasteiger partial charge in [0, 0.05) is 38.1 Å². The molecule has 2 atom stereocenters. The Balaban J connectivity index is 1.78. The van der Waals surface area contributed by atoms with Crippen molar-refractivity contribution in [1.29, 1.82) is 0 Å². The normalized spacial score (nSPS) is 26.2. The van der Waals surface area contributed by atoms with Crippen LogP contribution in [0.4, 0.5) is 4.79 Å². The fourth-order valence-electron chi connectivity index (χ4n) is 3.46. The molecule has 1 aliphatic heterocycles. The van der Waals surface area contributed by atoms with Crippen LogP contribution in [-0.2, 0) is 9.53 Å². The molecule has 1 saturated carbocycles. The lowest BCUT2D eigenvalue weighted by Crippen LogP contribution is -2.53. The first-order valence-corrected chi connectivity index (χ1v) is 8.75. The van der Waals surface area contributed by atoms with Crippen LogP contribution in [0.25, 0.3) is 0 Å². The SMILES string of the molecule is CC(=O)N1CCC(NC2CCCC2NC(=O)OC(C)(C)C)CC1. The monoisotopic (exact) mass is 325 g/mol. The van der Waals surface area contributed by atoms with E-state index in [-0.39, 0.29) is 18.0 Å². The van der Waals surface area contributed by atoms with E-state index in [0.717, 1.165) is 45.2 Å². The molecule has 0 spiro atoms. The maximum atomic E-state index is 12.0. The van der Waals surface area contributed by atoms with Crippen LogP contribution >= 0.6 is 0 Å². The molecule has 0 aromatic heterocycles. The number of amides is 2. The Kier molecular flexibility index (Phi) is 5.89. The number of alkyl carbamates (subject to hydrolysis) is 1. The molecule has 132 valence electrons. The van der Waals surface area contributed by atoms with Crippen LogP contribution in [0, 0.1) is 0 Å². The Morgan fingerprint density at radius 1 is 1.04 bits per heavy atom. The van der Waals surface area contributed by atoms with Crippen molar-refractivity contribution in [1.82, 2.24) is 15.5 Å². The van der Waals surface area contributed by atoms with Crippen LogP contribution in [0.1, 0.15) is 59.8 Å². The summed E-state index contributed by atoms with van der Waals surface area (Å²) >= 11 is 0. The summed E-state index contributed by atoms with van der Waals surface area (Å²) in [5.41, 5.74) is -0.467. The third kappa shape index (κ3) is 5.68. The highest BCUT2D eigenvalue weighted by atomic mass is 16.6. The molecule has 1 heterocycles. The Morgan fingerprint density at radius 2 is 1.65 bits per heavy atom. The van der Waals surface area contributed by atoms with E-state index in [1.165, 1.54) is 0 Å². The summed E-state index contributed by atoms with van der Waals surface area (Å²) in [4.78, 5) is 25.3. The third-order valence-corrected chi connectivity index (χ3v) is 4.61. The van der Waals surface area contributed by atoms with Crippen molar-refractivity contribution in [3.05, 3.63) is 0 Å². The largest absolute Gasteiger partial charge is 0.444 e. The molecule has 6 nitrogen and oxygen atoms in total. The number of hydrogen-bond donors (Lipinski definition) is 2. The van der Waals surface area contributed by atoms with Crippen LogP contribution in [0.15, 0.2) is 0 Å². The first-order chi connectivity index (χ1) is 10.7. The van der Waals surface area contributed by atoms with Crippen molar-refractivity contribution in [3.63, 3.8) is 0 Å². The van der Waals surface area contributed by atoms with E-state index >= 15 is 0 Å². The Bertz CT molecular complexity index is 425. The first-order valence-electron chi connectivity index (χ1n) is 8.75. The van der Waals surface area contributed by atoms with Crippen molar-refractivity contribution in [2.75, 3.05) is 13.1 Å². The minimum absolute atomic E-state index is 0.135. The molecule has 2 aliphatic rings. The number of nitrogens with zero attached hydrogens (tertiary/aromatic N) is 1. The van der Waals surface area contributed by atoms with Crippen molar-refractivity contribution < 1.29 is 14.3 Å². The fraction of sp³-hybridized carbons (Fsp3) is 0.882. The highest BCUT2D eigenvalue weighted by Crippen LogP contribution is 2.22. The Labute approximate surface area is 139 Å². The van der Waals surface area contributed by atoms with E-state index in [9.17, 15) is 9.59 Å². The van der Waals surface area contributed by atoms with Gasteiger partial charge in [-0.3, -0.25) is 4.79 Å². The summed E-state index contributed by atoms with van der Waals surface area (Å²) < 4.78 is 5.36. The molecule has 2 fully saturated rings. The predicted molar refractivity (Wildman–Crippen MR) is 89.2 cm³/mol. The third-order valence-electron chi connectivity index (χ3n) is 4.61. The van der Waals surface area contributed by atoms with E-state index in [1.807, 2.05) is 25.7 Å². The van der Waals surface area contributed by atoms with Gasteiger partial charge in [-0.2, -0.15) is 0 Å². The second-order valence-electron chi connectivity index (χ2n) is 7.74. The zero-order chi connectivity index (χ0) is 17.0. The van der Waals surface area contributed by atoms with Crippen LogP contribution in [0.5, 0.6) is 0 Å². The maximum Gasteiger partial charge on any atom is 0.407 e. The van der Waals surface area contributed by atoms with E-state index in [4.69, 9.17) is 4.74 Å². The second kappa shape index (κ2) is 7.51. The molecular formula is C17H31N3O3. The Morgan fingerprint density at radius 3 is 2.22 bits per heavy atom. The molecule has 0 aromatic carbocycles. The predicted octanol–water partition coefficient (Wildman–Crippen LogP) is 2.03. The summed E-state index contributed by atoms with van der Waals surface area (Å²) in [6.45, 7) is 8.90. The van der Waals surface area contributed by atoms with Crippen LogP contribution in [-0.4, -0.2) is 53.7 Å². The molecule has 23 heavy (non-hydrogen) atoms. The molecule has 0 bridgehead atoms. The molecular weight excluding hydrogens is 294 g/mol. The van der Waals surface area contributed by atoms with Gasteiger partial charge in [-0.1, -0.05) is 0 Å². The fourth-order valence-corrected chi connectivity index (χ4v) is 3.46. The minimum atomic E-state index is -0.467. The lowest BCUT2D eigenvalue weighted by molar-refractivity contribution is -0.129. The van der Waals surface area contributed by atoms with Crippen LogP contribution in [0.2, 0.25) is 0 Å². The van der Waals surface area contributed by atoms with Gasteiger partial charge in [-0.15, -0.1) is 0 Å². The zero-order valence-electron chi connectivity index (χ0n) is 14.9. The number of piperidine rings is 1. The summed E-state index contributed by atoms with van der Waals surface area (Å²) in [5.74, 6) is 0.161. The van der Waals surface area contributed by atoms with Gasteiger partial charge < -0.3 is 20.3 Å². The maximum absolute atomic E-state index is 12.0. The van der Waals surface area contributed by atoms with Gasteiger partial charge >= 0.3 is 6.09 Å². The van der Waals surface area contributed by atoms with Gasteiger partial charge in [-0.05, 0) is 52.9 Å². The van der Waals surface area contributed by atoms with Crippen LogP contribution in [0.3, 0.4) is 0 Å².